The van der Waals surface area contributed by atoms with Crippen molar-refractivity contribution in [2.24, 2.45) is 0 Å². The molecule has 0 saturated carbocycles. The van der Waals surface area contributed by atoms with Gasteiger partial charge >= 0.3 is 0 Å². The van der Waals surface area contributed by atoms with E-state index in [1.807, 2.05) is 74.5 Å². The second-order valence-electron chi connectivity index (χ2n) is 10.7. The average molecular weight is 628 g/mol. The van der Waals surface area contributed by atoms with Crippen LogP contribution in [-0.2, 0) is 39.0 Å². The van der Waals surface area contributed by atoms with Gasteiger partial charge in [0, 0.05) is 19.5 Å². The highest BCUT2D eigenvalue weighted by Gasteiger charge is 2.35. The van der Waals surface area contributed by atoms with Crippen LogP contribution in [0.4, 0.5) is 5.69 Å². The lowest BCUT2D eigenvalue weighted by molar-refractivity contribution is -0.140. The molecule has 0 aliphatic carbocycles. The smallest absolute Gasteiger partial charge is 0.264 e. The molecule has 0 saturated heterocycles. The summed E-state index contributed by atoms with van der Waals surface area (Å²) in [6.45, 7) is 3.93. The maximum Gasteiger partial charge on any atom is 0.264 e. The summed E-state index contributed by atoms with van der Waals surface area (Å²) in [5.41, 5.74) is 2.83. The van der Waals surface area contributed by atoms with Gasteiger partial charge in [0.15, 0.2) is 0 Å². The maximum absolute atomic E-state index is 14.6. The van der Waals surface area contributed by atoms with Gasteiger partial charge in [0.25, 0.3) is 10.0 Å². The van der Waals surface area contributed by atoms with E-state index in [1.54, 1.807) is 43.5 Å². The molecule has 0 aliphatic rings. The number of carbonyl (C=O) groups excluding carboxylic acids is 2. The SMILES string of the molecule is CCCNC(=O)C(Cc1ccccc1)N(Cc1cccc(OC)c1)C(=O)CN(c1ccccc1CC)S(=O)(=O)c1ccccc1. The van der Waals surface area contributed by atoms with Crippen LogP contribution in [-0.4, -0.2) is 51.4 Å². The van der Waals surface area contributed by atoms with Gasteiger partial charge in [-0.3, -0.25) is 13.9 Å². The molecule has 1 atom stereocenters. The Morgan fingerprint density at radius 3 is 2.13 bits per heavy atom. The number of nitrogens with one attached hydrogen (secondary N) is 1. The molecule has 1 unspecified atom stereocenters. The molecule has 0 radical (unpaired) electrons. The Labute approximate surface area is 266 Å². The zero-order chi connectivity index (χ0) is 32.2. The molecule has 236 valence electrons. The topological polar surface area (TPSA) is 96.0 Å². The molecule has 2 amide bonds. The Hall–Kier alpha value is -4.63. The highest BCUT2D eigenvalue weighted by Crippen LogP contribution is 2.28. The van der Waals surface area contributed by atoms with Crippen molar-refractivity contribution in [3.63, 3.8) is 0 Å². The van der Waals surface area contributed by atoms with Crippen LogP contribution in [0.3, 0.4) is 0 Å². The molecule has 0 fully saturated rings. The van der Waals surface area contributed by atoms with E-state index in [1.165, 1.54) is 21.3 Å². The van der Waals surface area contributed by atoms with Gasteiger partial charge in [-0.05, 0) is 59.9 Å². The maximum atomic E-state index is 14.6. The van der Waals surface area contributed by atoms with Crippen molar-refractivity contribution in [3.05, 3.63) is 126 Å². The minimum Gasteiger partial charge on any atom is -0.497 e. The first-order valence-electron chi connectivity index (χ1n) is 15.2. The van der Waals surface area contributed by atoms with Crippen LogP contribution in [0.15, 0.2) is 114 Å². The summed E-state index contributed by atoms with van der Waals surface area (Å²) in [6, 6.07) is 31.2. The summed E-state index contributed by atoms with van der Waals surface area (Å²) in [7, 11) is -2.59. The Morgan fingerprint density at radius 1 is 0.822 bits per heavy atom. The Balaban J connectivity index is 1.82. The largest absolute Gasteiger partial charge is 0.497 e. The zero-order valence-electron chi connectivity index (χ0n) is 26.1. The van der Waals surface area contributed by atoms with E-state index < -0.39 is 28.5 Å². The monoisotopic (exact) mass is 627 g/mol. The van der Waals surface area contributed by atoms with Crippen LogP contribution < -0.4 is 14.4 Å². The average Bonchev–Trinajstić information content (AvgIpc) is 3.08. The van der Waals surface area contributed by atoms with Crippen LogP contribution in [0.25, 0.3) is 0 Å². The fourth-order valence-electron chi connectivity index (χ4n) is 5.17. The summed E-state index contributed by atoms with van der Waals surface area (Å²) >= 11 is 0. The van der Waals surface area contributed by atoms with Crippen LogP contribution in [0.5, 0.6) is 5.75 Å². The molecule has 0 aromatic heterocycles. The number of sulfonamides is 1. The number of para-hydroxylation sites is 1. The van der Waals surface area contributed by atoms with Crippen LogP contribution in [0.2, 0.25) is 0 Å². The standard InChI is InChI=1S/C36H41N3O5S/c1-4-23-37-36(41)34(25-28-15-8-6-9-16-28)38(26-29-17-14-19-31(24-29)44-3)35(40)27-39(33-22-13-12-18-30(33)5-2)45(42,43)32-20-10-7-11-21-32/h6-22,24,34H,4-5,23,25-27H2,1-3H3,(H,37,41). The minimum atomic E-state index is -4.15. The first-order chi connectivity index (χ1) is 21.8. The fraction of sp³-hybridized carbons (Fsp3) is 0.278. The van der Waals surface area contributed by atoms with Crippen LogP contribution in [0.1, 0.15) is 37.0 Å². The second kappa shape index (κ2) is 15.9. The van der Waals surface area contributed by atoms with E-state index in [0.29, 0.717) is 24.4 Å². The number of hydrogen-bond acceptors (Lipinski definition) is 5. The summed E-state index contributed by atoms with van der Waals surface area (Å²) in [5.74, 6) is -0.195. The molecule has 4 rings (SSSR count). The predicted octanol–water partition coefficient (Wildman–Crippen LogP) is 5.62. The molecule has 4 aromatic carbocycles. The van der Waals surface area contributed by atoms with Gasteiger partial charge < -0.3 is 15.0 Å². The van der Waals surface area contributed by atoms with Gasteiger partial charge in [0.2, 0.25) is 11.8 Å². The third-order valence-electron chi connectivity index (χ3n) is 7.56. The molecule has 0 aliphatic heterocycles. The number of rotatable bonds is 15. The van der Waals surface area contributed by atoms with Crippen LogP contribution >= 0.6 is 0 Å². The van der Waals surface area contributed by atoms with Crippen LogP contribution in [0, 0.1) is 0 Å². The molecule has 0 heterocycles. The van der Waals surface area contributed by atoms with Crippen molar-refractivity contribution >= 4 is 27.5 Å². The van der Waals surface area contributed by atoms with E-state index in [0.717, 1.165) is 23.1 Å². The third-order valence-corrected chi connectivity index (χ3v) is 9.33. The van der Waals surface area contributed by atoms with Gasteiger partial charge in [-0.15, -0.1) is 0 Å². The Kier molecular flexibility index (Phi) is 11.8. The van der Waals surface area contributed by atoms with Crippen molar-refractivity contribution in [1.29, 1.82) is 0 Å². The molecule has 4 aromatic rings. The van der Waals surface area contributed by atoms with E-state index in [4.69, 9.17) is 4.74 Å². The molecule has 8 nitrogen and oxygen atoms in total. The molecular weight excluding hydrogens is 586 g/mol. The number of benzene rings is 4. The van der Waals surface area contributed by atoms with Crippen molar-refractivity contribution in [1.82, 2.24) is 10.2 Å². The number of anilines is 1. The summed E-state index contributed by atoms with van der Waals surface area (Å²) < 4.78 is 35.0. The van der Waals surface area contributed by atoms with E-state index in [9.17, 15) is 18.0 Å². The molecule has 0 spiro atoms. The van der Waals surface area contributed by atoms with Crippen molar-refractivity contribution in [2.45, 2.75) is 50.6 Å². The first kappa shape index (κ1) is 33.3. The Bertz CT molecular complexity index is 1660. The second-order valence-corrected chi connectivity index (χ2v) is 12.5. The quantitative estimate of drug-likeness (QED) is 0.185. The Morgan fingerprint density at radius 2 is 1.47 bits per heavy atom. The van der Waals surface area contributed by atoms with Gasteiger partial charge in [-0.1, -0.05) is 92.7 Å². The van der Waals surface area contributed by atoms with Crippen molar-refractivity contribution in [2.75, 3.05) is 24.5 Å². The van der Waals surface area contributed by atoms with E-state index >= 15 is 0 Å². The molecule has 9 heteroatoms. The number of carbonyl (C=O) groups is 2. The fourth-order valence-corrected chi connectivity index (χ4v) is 6.65. The van der Waals surface area contributed by atoms with Gasteiger partial charge in [-0.25, -0.2) is 8.42 Å². The molecule has 45 heavy (non-hydrogen) atoms. The zero-order valence-corrected chi connectivity index (χ0v) is 26.9. The number of aryl methyl sites for hydroxylation is 1. The summed E-state index contributed by atoms with van der Waals surface area (Å²) in [4.78, 5) is 29.9. The molecular formula is C36H41N3O5S. The van der Waals surface area contributed by atoms with Crippen molar-refractivity contribution < 1.29 is 22.7 Å². The number of hydrogen-bond donors (Lipinski definition) is 1. The van der Waals surface area contributed by atoms with E-state index in [2.05, 4.69) is 5.32 Å². The third kappa shape index (κ3) is 8.51. The number of ether oxygens (including phenoxy) is 1. The highest BCUT2D eigenvalue weighted by atomic mass is 32.2. The van der Waals surface area contributed by atoms with Gasteiger partial charge in [0.05, 0.1) is 17.7 Å². The van der Waals surface area contributed by atoms with Gasteiger partial charge in [0.1, 0.15) is 18.3 Å². The molecule has 1 N–H and O–H groups in total. The number of amides is 2. The van der Waals surface area contributed by atoms with E-state index in [-0.39, 0.29) is 23.8 Å². The summed E-state index contributed by atoms with van der Waals surface area (Å²) in [5, 5.41) is 2.97. The normalized spacial score (nSPS) is 11.8. The highest BCUT2D eigenvalue weighted by molar-refractivity contribution is 7.92. The lowest BCUT2D eigenvalue weighted by Gasteiger charge is -2.34. The number of nitrogens with zero attached hydrogens (tertiary/aromatic N) is 2. The minimum absolute atomic E-state index is 0.0712. The lowest BCUT2D eigenvalue weighted by atomic mass is 10.0. The molecule has 0 bridgehead atoms. The van der Waals surface area contributed by atoms with Gasteiger partial charge in [-0.2, -0.15) is 0 Å². The lowest BCUT2D eigenvalue weighted by Crippen LogP contribution is -2.53. The first-order valence-corrected chi connectivity index (χ1v) is 16.6. The number of methoxy groups -OCH3 is 1. The van der Waals surface area contributed by atoms with Crippen molar-refractivity contribution in [3.8, 4) is 5.75 Å². The summed E-state index contributed by atoms with van der Waals surface area (Å²) in [6.07, 6.45) is 1.54. The predicted molar refractivity (Wildman–Crippen MR) is 178 cm³/mol.